The first-order chi connectivity index (χ1) is 11.7. The zero-order valence-electron chi connectivity index (χ0n) is 13.4. The van der Waals surface area contributed by atoms with Crippen LogP contribution in [0.15, 0.2) is 47.4 Å². The Morgan fingerprint density at radius 3 is 2.20 bits per heavy atom. The maximum absolute atomic E-state index is 12.3. The molecule has 0 saturated carbocycles. The first-order valence-electron chi connectivity index (χ1n) is 7.31. The summed E-state index contributed by atoms with van der Waals surface area (Å²) in [6, 6.07) is 9.90. The van der Waals surface area contributed by atoms with Crippen LogP contribution in [0, 0.1) is 6.92 Å². The molecule has 8 heteroatoms. The number of rotatable bonds is 3. The number of sulfonamides is 1. The maximum Gasteiger partial charge on any atom is 0.265 e. The molecule has 1 aliphatic rings. The van der Waals surface area contributed by atoms with E-state index in [1.807, 2.05) is 11.6 Å². The van der Waals surface area contributed by atoms with Crippen LogP contribution < -0.4 is 4.72 Å². The van der Waals surface area contributed by atoms with E-state index in [1.165, 1.54) is 37.4 Å². The molecule has 3 amide bonds. The second-order valence-corrected chi connectivity index (χ2v) is 7.36. The van der Waals surface area contributed by atoms with E-state index in [1.54, 1.807) is 12.1 Å². The van der Waals surface area contributed by atoms with Crippen molar-refractivity contribution in [2.75, 3.05) is 7.05 Å². The number of hydrogen-bond donors (Lipinski definition) is 1. The van der Waals surface area contributed by atoms with E-state index < -0.39 is 27.7 Å². The third-order valence-corrected chi connectivity index (χ3v) is 5.26. The molecule has 0 saturated heterocycles. The lowest BCUT2D eigenvalue weighted by Gasteiger charge is -2.08. The van der Waals surface area contributed by atoms with Crippen molar-refractivity contribution < 1.29 is 22.8 Å². The highest BCUT2D eigenvalue weighted by Crippen LogP contribution is 2.23. The van der Waals surface area contributed by atoms with Crippen LogP contribution in [0.1, 0.15) is 36.6 Å². The van der Waals surface area contributed by atoms with Gasteiger partial charge in [0.1, 0.15) is 0 Å². The smallest absolute Gasteiger partial charge is 0.265 e. The second kappa shape index (κ2) is 5.82. The third kappa shape index (κ3) is 2.91. The summed E-state index contributed by atoms with van der Waals surface area (Å²) in [5.74, 6) is -1.87. The lowest BCUT2D eigenvalue weighted by atomic mass is 10.1. The number of amides is 3. The fourth-order valence-corrected chi connectivity index (χ4v) is 3.43. The summed E-state index contributed by atoms with van der Waals surface area (Å²) in [7, 11) is -2.70. The van der Waals surface area contributed by atoms with E-state index in [4.69, 9.17) is 0 Å². The molecule has 1 heterocycles. The van der Waals surface area contributed by atoms with Gasteiger partial charge < -0.3 is 0 Å². The molecule has 0 fully saturated rings. The first-order valence-corrected chi connectivity index (χ1v) is 8.79. The summed E-state index contributed by atoms with van der Waals surface area (Å²) >= 11 is 0. The Morgan fingerprint density at radius 2 is 1.56 bits per heavy atom. The molecule has 3 rings (SSSR count). The molecular weight excluding hydrogens is 344 g/mol. The minimum atomic E-state index is -4.04. The molecule has 0 radical (unpaired) electrons. The lowest BCUT2D eigenvalue weighted by Crippen LogP contribution is -2.30. The van der Waals surface area contributed by atoms with Gasteiger partial charge in [0.05, 0.1) is 16.0 Å². The van der Waals surface area contributed by atoms with Crippen LogP contribution in [-0.4, -0.2) is 38.1 Å². The van der Waals surface area contributed by atoms with Gasteiger partial charge in [-0.25, -0.2) is 13.1 Å². The number of carbonyl (C=O) groups excluding carboxylic acids is 3. The van der Waals surface area contributed by atoms with Crippen molar-refractivity contribution in [2.45, 2.75) is 11.8 Å². The van der Waals surface area contributed by atoms with E-state index in [0.717, 1.165) is 10.5 Å². The summed E-state index contributed by atoms with van der Waals surface area (Å²) in [5.41, 5.74) is 1.13. The number of imide groups is 1. The van der Waals surface area contributed by atoms with Gasteiger partial charge in [-0.1, -0.05) is 17.7 Å². The summed E-state index contributed by atoms with van der Waals surface area (Å²) < 4.78 is 26.5. The van der Waals surface area contributed by atoms with Crippen LogP contribution in [0.3, 0.4) is 0 Å². The number of nitrogens with zero attached hydrogens (tertiary/aromatic N) is 1. The number of hydrogen-bond acceptors (Lipinski definition) is 5. The van der Waals surface area contributed by atoms with Gasteiger partial charge in [-0.05, 0) is 37.3 Å². The second-order valence-electron chi connectivity index (χ2n) is 5.68. The monoisotopic (exact) mass is 358 g/mol. The Hall–Kier alpha value is -3.00. The quantitative estimate of drug-likeness (QED) is 0.835. The van der Waals surface area contributed by atoms with Crippen LogP contribution in [-0.2, 0) is 10.0 Å². The van der Waals surface area contributed by atoms with Gasteiger partial charge in [-0.2, -0.15) is 0 Å². The van der Waals surface area contributed by atoms with E-state index in [9.17, 15) is 22.8 Å². The van der Waals surface area contributed by atoms with Gasteiger partial charge in [0.15, 0.2) is 0 Å². The van der Waals surface area contributed by atoms with Crippen LogP contribution in [0.4, 0.5) is 0 Å². The maximum atomic E-state index is 12.3. The van der Waals surface area contributed by atoms with Crippen molar-refractivity contribution in [3.8, 4) is 0 Å². The Bertz CT molecular complexity index is 1010. The topological polar surface area (TPSA) is 101 Å². The van der Waals surface area contributed by atoms with Crippen molar-refractivity contribution >= 4 is 27.7 Å². The lowest BCUT2D eigenvalue weighted by molar-refractivity contribution is 0.0693. The van der Waals surface area contributed by atoms with Crippen LogP contribution in [0.5, 0.6) is 0 Å². The van der Waals surface area contributed by atoms with Gasteiger partial charge in [0.25, 0.3) is 27.7 Å². The van der Waals surface area contributed by atoms with Gasteiger partial charge in [-0.3, -0.25) is 19.3 Å². The molecule has 7 nitrogen and oxygen atoms in total. The van der Waals surface area contributed by atoms with Crippen molar-refractivity contribution in [3.05, 3.63) is 64.7 Å². The fourth-order valence-electron chi connectivity index (χ4n) is 2.46. The molecule has 1 N–H and O–H groups in total. The predicted molar refractivity (Wildman–Crippen MR) is 88.7 cm³/mol. The van der Waals surface area contributed by atoms with Gasteiger partial charge in [0, 0.05) is 12.6 Å². The largest absolute Gasteiger partial charge is 0.277 e. The number of benzene rings is 2. The zero-order chi connectivity index (χ0) is 18.4. The Labute approximate surface area is 144 Å². The third-order valence-electron chi connectivity index (χ3n) is 3.91. The van der Waals surface area contributed by atoms with Gasteiger partial charge in [-0.15, -0.1) is 0 Å². The number of nitrogens with one attached hydrogen (secondary N) is 1. The average Bonchev–Trinajstić information content (AvgIpc) is 2.79. The highest BCUT2D eigenvalue weighted by atomic mass is 32.2. The standard InChI is InChI=1S/C17H14N2O5S/c1-10-3-6-12(7-4-10)25(23,24)18-15(20)11-5-8-13-14(9-11)17(22)19(2)16(13)21/h3-9H,1-2H3,(H,18,20). The fraction of sp³-hybridized carbons (Fsp3) is 0.118. The van der Waals surface area contributed by atoms with E-state index in [-0.39, 0.29) is 21.6 Å². The average molecular weight is 358 g/mol. The highest BCUT2D eigenvalue weighted by molar-refractivity contribution is 7.90. The molecule has 2 aromatic rings. The molecule has 128 valence electrons. The Kier molecular flexibility index (Phi) is 3.92. The molecule has 0 bridgehead atoms. The molecular formula is C17H14N2O5S. The molecule has 0 atom stereocenters. The molecule has 2 aromatic carbocycles. The molecule has 1 aliphatic heterocycles. The summed E-state index contributed by atoms with van der Waals surface area (Å²) in [5, 5.41) is 0. The summed E-state index contributed by atoms with van der Waals surface area (Å²) in [6.45, 7) is 1.81. The summed E-state index contributed by atoms with van der Waals surface area (Å²) in [4.78, 5) is 37.0. The van der Waals surface area contributed by atoms with Gasteiger partial charge in [0.2, 0.25) is 0 Å². The Morgan fingerprint density at radius 1 is 0.960 bits per heavy atom. The van der Waals surface area contributed by atoms with Crippen molar-refractivity contribution in [3.63, 3.8) is 0 Å². The van der Waals surface area contributed by atoms with Crippen molar-refractivity contribution in [1.82, 2.24) is 9.62 Å². The number of carbonyl (C=O) groups is 3. The SMILES string of the molecule is Cc1ccc(S(=O)(=O)NC(=O)c2ccc3c(c2)C(=O)N(C)C3=O)cc1. The first kappa shape index (κ1) is 16.8. The van der Waals surface area contributed by atoms with Crippen molar-refractivity contribution in [2.24, 2.45) is 0 Å². The summed E-state index contributed by atoms with van der Waals surface area (Å²) in [6.07, 6.45) is 0. The number of fused-ring (bicyclic) bond motifs is 1. The van der Waals surface area contributed by atoms with Crippen molar-refractivity contribution in [1.29, 1.82) is 0 Å². The molecule has 0 aromatic heterocycles. The molecule has 0 aliphatic carbocycles. The molecule has 0 spiro atoms. The minimum Gasteiger partial charge on any atom is -0.277 e. The zero-order valence-corrected chi connectivity index (χ0v) is 14.3. The highest BCUT2D eigenvalue weighted by Gasteiger charge is 2.33. The predicted octanol–water partition coefficient (Wildman–Crippen LogP) is 1.34. The van der Waals surface area contributed by atoms with Crippen LogP contribution in [0.25, 0.3) is 0 Å². The van der Waals surface area contributed by atoms with E-state index in [2.05, 4.69) is 0 Å². The van der Waals surface area contributed by atoms with Gasteiger partial charge >= 0.3 is 0 Å². The van der Waals surface area contributed by atoms with E-state index in [0.29, 0.717) is 0 Å². The van der Waals surface area contributed by atoms with E-state index >= 15 is 0 Å². The van der Waals surface area contributed by atoms with Crippen LogP contribution >= 0.6 is 0 Å². The minimum absolute atomic E-state index is 0.0223. The van der Waals surface area contributed by atoms with Crippen LogP contribution in [0.2, 0.25) is 0 Å². The Balaban J connectivity index is 1.89. The number of aryl methyl sites for hydroxylation is 1. The molecule has 0 unspecified atom stereocenters. The normalized spacial score (nSPS) is 13.8. The molecule has 25 heavy (non-hydrogen) atoms.